The standard InChI is InChI=1S/C14H19NO3/c1-9(8-12(15)14(17)18)13(10(2)16)11-6-4-3-5-7-11/h3-7,9,12-13H,8,15H2,1-2H3,(H,17,18)/t9?,12-,13?/m0/s1. The third-order valence-electron chi connectivity index (χ3n) is 3.11. The van der Waals surface area contributed by atoms with Gasteiger partial charge in [-0.2, -0.15) is 0 Å². The Morgan fingerprint density at radius 3 is 2.28 bits per heavy atom. The minimum atomic E-state index is -1.03. The fourth-order valence-electron chi connectivity index (χ4n) is 2.26. The number of benzene rings is 1. The quantitative estimate of drug-likeness (QED) is 0.805. The molecule has 0 aromatic heterocycles. The van der Waals surface area contributed by atoms with E-state index in [2.05, 4.69) is 0 Å². The maximum atomic E-state index is 11.7. The normalized spacial score (nSPS) is 15.7. The predicted molar refractivity (Wildman–Crippen MR) is 69.3 cm³/mol. The van der Waals surface area contributed by atoms with Crippen LogP contribution in [0.15, 0.2) is 30.3 Å². The van der Waals surface area contributed by atoms with Gasteiger partial charge in [-0.05, 0) is 24.8 Å². The van der Waals surface area contributed by atoms with Crippen LogP contribution < -0.4 is 5.73 Å². The molecule has 4 nitrogen and oxygen atoms in total. The molecule has 1 aromatic carbocycles. The molecule has 3 N–H and O–H groups in total. The smallest absolute Gasteiger partial charge is 0.320 e. The average molecular weight is 249 g/mol. The molecule has 0 aliphatic rings. The molecule has 0 fully saturated rings. The maximum Gasteiger partial charge on any atom is 0.320 e. The van der Waals surface area contributed by atoms with Gasteiger partial charge in [0.1, 0.15) is 11.8 Å². The van der Waals surface area contributed by atoms with Gasteiger partial charge in [-0.3, -0.25) is 9.59 Å². The Hall–Kier alpha value is -1.68. The van der Waals surface area contributed by atoms with Gasteiger partial charge in [-0.25, -0.2) is 0 Å². The van der Waals surface area contributed by atoms with Crippen LogP contribution in [0.2, 0.25) is 0 Å². The van der Waals surface area contributed by atoms with Crippen molar-refractivity contribution in [2.24, 2.45) is 11.7 Å². The number of hydrogen-bond acceptors (Lipinski definition) is 3. The van der Waals surface area contributed by atoms with Crippen LogP contribution in [0, 0.1) is 5.92 Å². The number of carboxylic acid groups (broad SMARTS) is 1. The molecule has 4 heteroatoms. The van der Waals surface area contributed by atoms with Gasteiger partial charge in [0.2, 0.25) is 0 Å². The summed E-state index contributed by atoms with van der Waals surface area (Å²) in [5.41, 5.74) is 6.43. The summed E-state index contributed by atoms with van der Waals surface area (Å²) in [4.78, 5) is 22.5. The number of carboxylic acids is 1. The number of carbonyl (C=O) groups excluding carboxylic acids is 1. The van der Waals surface area contributed by atoms with E-state index >= 15 is 0 Å². The van der Waals surface area contributed by atoms with Gasteiger partial charge in [0.05, 0.1) is 0 Å². The van der Waals surface area contributed by atoms with Crippen molar-refractivity contribution in [2.75, 3.05) is 0 Å². The first-order valence-corrected chi connectivity index (χ1v) is 5.97. The lowest BCUT2D eigenvalue weighted by Gasteiger charge is -2.23. The molecule has 0 heterocycles. The Bertz CT molecular complexity index is 416. The summed E-state index contributed by atoms with van der Waals surface area (Å²) in [5, 5.41) is 8.81. The van der Waals surface area contributed by atoms with Crippen LogP contribution in [0.3, 0.4) is 0 Å². The minimum Gasteiger partial charge on any atom is -0.480 e. The van der Waals surface area contributed by atoms with Crippen molar-refractivity contribution in [3.63, 3.8) is 0 Å². The number of rotatable bonds is 6. The van der Waals surface area contributed by atoms with Crippen LogP contribution in [-0.4, -0.2) is 22.9 Å². The Morgan fingerprint density at radius 1 is 1.28 bits per heavy atom. The Balaban J connectivity index is 2.86. The van der Waals surface area contributed by atoms with Crippen LogP contribution in [0.4, 0.5) is 0 Å². The molecule has 3 atom stereocenters. The van der Waals surface area contributed by atoms with Gasteiger partial charge >= 0.3 is 5.97 Å². The van der Waals surface area contributed by atoms with Gasteiger partial charge in [-0.1, -0.05) is 37.3 Å². The minimum absolute atomic E-state index is 0.0336. The van der Waals surface area contributed by atoms with Crippen molar-refractivity contribution in [1.82, 2.24) is 0 Å². The predicted octanol–water partition coefficient (Wildman–Crippen LogP) is 1.80. The molecule has 98 valence electrons. The molecule has 0 aliphatic heterocycles. The highest BCUT2D eigenvalue weighted by molar-refractivity contribution is 5.83. The lowest BCUT2D eigenvalue weighted by Crippen LogP contribution is -2.34. The molecular weight excluding hydrogens is 230 g/mol. The lowest BCUT2D eigenvalue weighted by atomic mass is 9.81. The van der Waals surface area contributed by atoms with Crippen LogP contribution in [0.1, 0.15) is 31.7 Å². The highest BCUT2D eigenvalue weighted by Crippen LogP contribution is 2.28. The molecule has 0 amide bonds. The van der Waals surface area contributed by atoms with E-state index in [1.165, 1.54) is 6.92 Å². The second-order valence-electron chi connectivity index (χ2n) is 4.66. The van der Waals surface area contributed by atoms with E-state index in [0.29, 0.717) is 0 Å². The van der Waals surface area contributed by atoms with E-state index < -0.39 is 12.0 Å². The molecule has 0 radical (unpaired) electrons. The van der Waals surface area contributed by atoms with Crippen molar-refractivity contribution >= 4 is 11.8 Å². The third kappa shape index (κ3) is 3.67. The number of ketones is 1. The summed E-state index contributed by atoms with van der Waals surface area (Å²) < 4.78 is 0. The third-order valence-corrected chi connectivity index (χ3v) is 3.11. The highest BCUT2D eigenvalue weighted by Gasteiger charge is 2.27. The van der Waals surface area contributed by atoms with Crippen molar-refractivity contribution < 1.29 is 14.7 Å². The van der Waals surface area contributed by atoms with E-state index in [-0.39, 0.29) is 24.0 Å². The lowest BCUT2D eigenvalue weighted by molar-refractivity contribution is -0.139. The highest BCUT2D eigenvalue weighted by atomic mass is 16.4. The Kier molecular flexibility index (Phi) is 5.04. The molecule has 0 spiro atoms. The van der Waals surface area contributed by atoms with Crippen LogP contribution in [0.5, 0.6) is 0 Å². The molecule has 1 rings (SSSR count). The first-order valence-electron chi connectivity index (χ1n) is 5.97. The molecule has 0 aliphatic carbocycles. The summed E-state index contributed by atoms with van der Waals surface area (Å²) in [6.07, 6.45) is 0.286. The zero-order chi connectivity index (χ0) is 13.7. The van der Waals surface area contributed by atoms with Gasteiger partial charge in [-0.15, -0.1) is 0 Å². The van der Waals surface area contributed by atoms with E-state index in [1.54, 1.807) is 0 Å². The number of aliphatic carboxylic acids is 1. The monoisotopic (exact) mass is 249 g/mol. The van der Waals surface area contributed by atoms with Crippen molar-refractivity contribution in [3.8, 4) is 0 Å². The fraction of sp³-hybridized carbons (Fsp3) is 0.429. The zero-order valence-electron chi connectivity index (χ0n) is 10.7. The average Bonchev–Trinajstić information content (AvgIpc) is 2.29. The van der Waals surface area contributed by atoms with Gasteiger partial charge < -0.3 is 10.8 Å². The summed E-state index contributed by atoms with van der Waals surface area (Å²) in [6, 6.07) is 8.47. The van der Waals surface area contributed by atoms with Gasteiger partial charge in [0, 0.05) is 5.92 Å². The zero-order valence-corrected chi connectivity index (χ0v) is 10.7. The molecule has 0 saturated heterocycles. The fourth-order valence-corrected chi connectivity index (χ4v) is 2.26. The molecule has 0 bridgehead atoms. The van der Waals surface area contributed by atoms with Crippen LogP contribution in [0.25, 0.3) is 0 Å². The topological polar surface area (TPSA) is 80.4 Å². The number of carbonyl (C=O) groups is 2. The molecule has 1 aromatic rings. The van der Waals surface area contributed by atoms with E-state index in [0.717, 1.165) is 5.56 Å². The van der Waals surface area contributed by atoms with Crippen molar-refractivity contribution in [3.05, 3.63) is 35.9 Å². The van der Waals surface area contributed by atoms with Gasteiger partial charge in [0.15, 0.2) is 0 Å². The molecule has 0 saturated carbocycles. The van der Waals surface area contributed by atoms with E-state index in [9.17, 15) is 9.59 Å². The molecular formula is C14H19NO3. The first-order chi connectivity index (χ1) is 8.43. The number of Topliss-reactive ketones (excluding diaryl/α,β-unsaturated/α-hetero) is 1. The Morgan fingerprint density at radius 2 is 1.83 bits per heavy atom. The van der Waals surface area contributed by atoms with Crippen molar-refractivity contribution in [2.45, 2.75) is 32.2 Å². The second kappa shape index (κ2) is 6.31. The summed E-state index contributed by atoms with van der Waals surface area (Å²) >= 11 is 0. The first kappa shape index (κ1) is 14.4. The summed E-state index contributed by atoms with van der Waals surface area (Å²) in [5.74, 6) is -1.39. The van der Waals surface area contributed by atoms with E-state index in [1.807, 2.05) is 37.3 Å². The van der Waals surface area contributed by atoms with E-state index in [4.69, 9.17) is 10.8 Å². The number of nitrogens with two attached hydrogens (primary N) is 1. The van der Waals surface area contributed by atoms with Crippen LogP contribution in [-0.2, 0) is 9.59 Å². The van der Waals surface area contributed by atoms with Gasteiger partial charge in [0.25, 0.3) is 0 Å². The van der Waals surface area contributed by atoms with Crippen molar-refractivity contribution in [1.29, 1.82) is 0 Å². The largest absolute Gasteiger partial charge is 0.480 e. The van der Waals surface area contributed by atoms with Crippen LogP contribution >= 0.6 is 0 Å². The molecule has 18 heavy (non-hydrogen) atoms. The second-order valence-corrected chi connectivity index (χ2v) is 4.66. The number of hydrogen-bond donors (Lipinski definition) is 2. The Labute approximate surface area is 107 Å². The maximum absolute atomic E-state index is 11.7. The SMILES string of the molecule is CC(=O)C(c1ccccc1)C(C)C[C@H](N)C(=O)O. The summed E-state index contributed by atoms with van der Waals surface area (Å²) in [7, 11) is 0. The molecule has 2 unspecified atom stereocenters. The summed E-state index contributed by atoms with van der Waals surface area (Å²) in [6.45, 7) is 3.39.